The number of carboxylic acid groups (broad SMARTS) is 1. The standard InChI is InChI=1S/C26H30N2O4S/c1-20-13-15-25(16-14-20)33(31,32)28(21(2)26(29)30)19-24(17-22-9-5-3-6-10-22)27-18-23-11-7-4-8-12-23/h3-16,21,24,27H,17-19H2,1-2H3,(H,29,30)/t21-,24-/m0/s1. The maximum absolute atomic E-state index is 13.5. The van der Waals surface area contributed by atoms with Gasteiger partial charge in [-0.3, -0.25) is 4.79 Å². The molecule has 0 bridgehead atoms. The van der Waals surface area contributed by atoms with Crippen LogP contribution in [0.25, 0.3) is 0 Å². The van der Waals surface area contributed by atoms with Gasteiger partial charge in [0.25, 0.3) is 0 Å². The zero-order chi connectivity index (χ0) is 23.8. The number of carbonyl (C=O) groups is 1. The van der Waals surface area contributed by atoms with E-state index in [2.05, 4.69) is 5.32 Å². The van der Waals surface area contributed by atoms with Crippen LogP contribution in [0, 0.1) is 6.92 Å². The van der Waals surface area contributed by atoms with Crippen molar-refractivity contribution >= 4 is 16.0 Å². The molecule has 0 saturated carbocycles. The number of nitrogens with one attached hydrogen (secondary N) is 1. The van der Waals surface area contributed by atoms with Crippen molar-refractivity contribution in [1.82, 2.24) is 9.62 Å². The summed E-state index contributed by atoms with van der Waals surface area (Å²) in [6.45, 7) is 3.84. The van der Waals surface area contributed by atoms with E-state index in [0.717, 1.165) is 21.0 Å². The van der Waals surface area contributed by atoms with Crippen LogP contribution in [-0.2, 0) is 27.8 Å². The average molecular weight is 467 g/mol. The molecular weight excluding hydrogens is 436 g/mol. The smallest absolute Gasteiger partial charge is 0.321 e. The average Bonchev–Trinajstić information content (AvgIpc) is 2.81. The Bertz CT molecular complexity index is 1130. The second-order valence-corrected chi connectivity index (χ2v) is 10.0. The van der Waals surface area contributed by atoms with E-state index in [1.165, 1.54) is 19.1 Å². The Kier molecular flexibility index (Phi) is 8.38. The molecule has 3 rings (SSSR count). The minimum absolute atomic E-state index is 0.0193. The van der Waals surface area contributed by atoms with Crippen LogP contribution in [0.15, 0.2) is 89.8 Å². The Labute approximate surface area is 195 Å². The highest BCUT2D eigenvalue weighted by atomic mass is 32.2. The lowest BCUT2D eigenvalue weighted by atomic mass is 10.0. The van der Waals surface area contributed by atoms with E-state index >= 15 is 0 Å². The molecule has 33 heavy (non-hydrogen) atoms. The van der Waals surface area contributed by atoms with E-state index in [1.807, 2.05) is 67.6 Å². The summed E-state index contributed by atoms with van der Waals surface area (Å²) in [5.74, 6) is -1.19. The van der Waals surface area contributed by atoms with Crippen LogP contribution in [0.2, 0.25) is 0 Å². The third-order valence-corrected chi connectivity index (χ3v) is 7.53. The molecule has 174 valence electrons. The van der Waals surface area contributed by atoms with E-state index < -0.39 is 22.0 Å². The van der Waals surface area contributed by atoms with E-state index in [1.54, 1.807) is 12.1 Å². The fraction of sp³-hybridized carbons (Fsp3) is 0.269. The number of hydrogen-bond acceptors (Lipinski definition) is 4. The molecule has 0 radical (unpaired) electrons. The van der Waals surface area contributed by atoms with Crippen molar-refractivity contribution in [2.24, 2.45) is 0 Å². The maximum Gasteiger partial charge on any atom is 0.321 e. The second-order valence-electron chi connectivity index (χ2n) is 8.16. The topological polar surface area (TPSA) is 86.7 Å². The lowest BCUT2D eigenvalue weighted by Gasteiger charge is -2.30. The first kappa shape index (κ1) is 24.6. The molecule has 6 nitrogen and oxygen atoms in total. The summed E-state index contributed by atoms with van der Waals surface area (Å²) in [5.41, 5.74) is 3.03. The number of carboxylic acids is 1. The molecule has 0 aliphatic rings. The SMILES string of the molecule is Cc1ccc(S(=O)(=O)N(C[C@H](Cc2ccccc2)NCc2ccccc2)[C@@H](C)C(=O)O)cc1. The molecule has 3 aromatic carbocycles. The first-order valence-corrected chi connectivity index (χ1v) is 12.3. The van der Waals surface area contributed by atoms with E-state index in [0.29, 0.717) is 13.0 Å². The van der Waals surface area contributed by atoms with Crippen molar-refractivity contribution in [2.45, 2.75) is 43.8 Å². The zero-order valence-electron chi connectivity index (χ0n) is 18.9. The van der Waals surface area contributed by atoms with Gasteiger partial charge in [-0.15, -0.1) is 0 Å². The molecular formula is C26H30N2O4S. The third kappa shape index (κ3) is 6.74. The quantitative estimate of drug-likeness (QED) is 0.448. The number of benzene rings is 3. The van der Waals surface area contributed by atoms with Crippen molar-refractivity contribution in [3.63, 3.8) is 0 Å². The minimum atomic E-state index is -4.02. The van der Waals surface area contributed by atoms with Crippen LogP contribution < -0.4 is 5.32 Å². The molecule has 0 saturated heterocycles. The van der Waals surface area contributed by atoms with Crippen molar-refractivity contribution in [3.8, 4) is 0 Å². The van der Waals surface area contributed by atoms with Crippen LogP contribution >= 0.6 is 0 Å². The van der Waals surface area contributed by atoms with Gasteiger partial charge in [0, 0.05) is 19.1 Å². The Morgan fingerprint density at radius 2 is 1.45 bits per heavy atom. The highest BCUT2D eigenvalue weighted by Crippen LogP contribution is 2.21. The molecule has 0 spiro atoms. The van der Waals surface area contributed by atoms with Crippen LogP contribution in [0.1, 0.15) is 23.6 Å². The molecule has 2 atom stereocenters. The number of sulfonamides is 1. The first-order chi connectivity index (χ1) is 15.8. The molecule has 3 aromatic rings. The molecule has 0 aliphatic carbocycles. The van der Waals surface area contributed by atoms with Gasteiger partial charge in [-0.05, 0) is 43.5 Å². The van der Waals surface area contributed by atoms with Crippen molar-refractivity contribution in [1.29, 1.82) is 0 Å². The van der Waals surface area contributed by atoms with Crippen LogP contribution in [0.3, 0.4) is 0 Å². The predicted octanol–water partition coefficient (Wildman–Crippen LogP) is 3.86. The predicted molar refractivity (Wildman–Crippen MR) is 129 cm³/mol. The van der Waals surface area contributed by atoms with Crippen LogP contribution in [0.4, 0.5) is 0 Å². The van der Waals surface area contributed by atoms with Gasteiger partial charge in [-0.2, -0.15) is 4.31 Å². The van der Waals surface area contributed by atoms with Crippen molar-refractivity contribution in [3.05, 3.63) is 102 Å². The fourth-order valence-corrected chi connectivity index (χ4v) is 5.24. The minimum Gasteiger partial charge on any atom is -0.480 e. The number of nitrogens with zero attached hydrogens (tertiary/aromatic N) is 1. The zero-order valence-corrected chi connectivity index (χ0v) is 19.7. The van der Waals surface area contributed by atoms with Gasteiger partial charge in [-0.1, -0.05) is 78.4 Å². The summed E-state index contributed by atoms with van der Waals surface area (Å²) < 4.78 is 28.1. The summed E-state index contributed by atoms with van der Waals surface area (Å²) in [5, 5.41) is 13.1. The largest absolute Gasteiger partial charge is 0.480 e. The maximum atomic E-state index is 13.5. The summed E-state index contributed by atoms with van der Waals surface area (Å²) >= 11 is 0. The monoisotopic (exact) mass is 466 g/mol. The van der Waals surface area contributed by atoms with Crippen molar-refractivity contribution in [2.75, 3.05) is 6.54 Å². The Morgan fingerprint density at radius 3 is 2.00 bits per heavy atom. The Hall–Kier alpha value is -3.00. The summed E-state index contributed by atoms with van der Waals surface area (Å²) in [6, 6.07) is 24.5. The fourth-order valence-electron chi connectivity index (χ4n) is 3.61. The normalized spacial score (nSPS) is 13.5. The van der Waals surface area contributed by atoms with Gasteiger partial charge in [-0.25, -0.2) is 8.42 Å². The number of aliphatic carboxylic acids is 1. The molecule has 0 unspecified atom stereocenters. The van der Waals surface area contributed by atoms with E-state index in [9.17, 15) is 18.3 Å². The van der Waals surface area contributed by atoms with Crippen LogP contribution in [-0.4, -0.2) is 42.4 Å². The van der Waals surface area contributed by atoms with Gasteiger partial charge in [0.2, 0.25) is 10.0 Å². The molecule has 0 amide bonds. The van der Waals surface area contributed by atoms with Gasteiger partial charge >= 0.3 is 5.97 Å². The lowest BCUT2D eigenvalue weighted by Crippen LogP contribution is -2.50. The lowest BCUT2D eigenvalue weighted by molar-refractivity contribution is -0.140. The van der Waals surface area contributed by atoms with Crippen molar-refractivity contribution < 1.29 is 18.3 Å². The van der Waals surface area contributed by atoms with Gasteiger partial charge in [0.1, 0.15) is 6.04 Å². The Balaban J connectivity index is 1.91. The second kappa shape index (κ2) is 11.2. The number of rotatable bonds is 11. The number of hydrogen-bond donors (Lipinski definition) is 2. The molecule has 0 heterocycles. The summed E-state index contributed by atoms with van der Waals surface area (Å²) in [4.78, 5) is 12.0. The van der Waals surface area contributed by atoms with Gasteiger partial charge < -0.3 is 10.4 Å². The van der Waals surface area contributed by atoms with E-state index in [4.69, 9.17) is 0 Å². The highest BCUT2D eigenvalue weighted by Gasteiger charge is 2.34. The third-order valence-electron chi connectivity index (χ3n) is 5.58. The van der Waals surface area contributed by atoms with Crippen LogP contribution in [0.5, 0.6) is 0 Å². The molecule has 0 fully saturated rings. The summed E-state index contributed by atoms with van der Waals surface area (Å²) in [7, 11) is -4.02. The molecule has 0 aromatic heterocycles. The number of aryl methyl sites for hydroxylation is 1. The van der Waals surface area contributed by atoms with Gasteiger partial charge in [0.05, 0.1) is 4.90 Å². The van der Waals surface area contributed by atoms with Gasteiger partial charge in [0.15, 0.2) is 0 Å². The molecule has 0 aliphatic heterocycles. The summed E-state index contributed by atoms with van der Waals surface area (Å²) in [6.07, 6.45) is 0.555. The molecule has 2 N–H and O–H groups in total. The Morgan fingerprint density at radius 1 is 0.909 bits per heavy atom. The first-order valence-electron chi connectivity index (χ1n) is 10.9. The molecule has 7 heteroatoms. The highest BCUT2D eigenvalue weighted by molar-refractivity contribution is 7.89. The van der Waals surface area contributed by atoms with E-state index in [-0.39, 0.29) is 17.5 Å².